The first-order valence-electron chi connectivity index (χ1n) is 8.81. The number of rotatable bonds is 3. The summed E-state index contributed by atoms with van der Waals surface area (Å²) >= 11 is 0. The van der Waals surface area contributed by atoms with Crippen molar-refractivity contribution in [2.75, 3.05) is 19.6 Å². The highest BCUT2D eigenvalue weighted by Gasteiger charge is 2.42. The molecule has 3 saturated heterocycles. The summed E-state index contributed by atoms with van der Waals surface area (Å²) in [5.41, 5.74) is 0. The van der Waals surface area contributed by atoms with E-state index in [0.29, 0.717) is 19.6 Å². The van der Waals surface area contributed by atoms with Crippen LogP contribution in [0.2, 0.25) is 0 Å². The van der Waals surface area contributed by atoms with Crippen molar-refractivity contribution in [2.24, 2.45) is 11.8 Å². The largest absolute Gasteiger partial charge is 0.461 e. The number of carbonyl (C=O) groups is 3. The molecule has 1 aliphatic carbocycles. The van der Waals surface area contributed by atoms with E-state index in [0.717, 1.165) is 32.1 Å². The van der Waals surface area contributed by atoms with Crippen LogP contribution in [0.3, 0.4) is 0 Å². The molecule has 0 aromatic carbocycles. The van der Waals surface area contributed by atoms with E-state index in [1.54, 1.807) is 11.0 Å². The van der Waals surface area contributed by atoms with Gasteiger partial charge in [0.2, 0.25) is 5.91 Å². The van der Waals surface area contributed by atoms with Crippen LogP contribution < -0.4 is 0 Å². The van der Waals surface area contributed by atoms with Gasteiger partial charge in [-0.2, -0.15) is 0 Å². The number of amides is 2. The standard InChI is InChI=1S/C18H22N2O4/c21-16(15-5-2-8-24-15)18(23)20-10-12-6-7-14(20)11-19(9-12)17(22)13-3-1-4-13/h2,5,8,12-14H,1,3-4,6-7,9-11H2. The van der Waals surface area contributed by atoms with E-state index in [1.165, 1.54) is 12.3 Å². The van der Waals surface area contributed by atoms with Crippen LogP contribution in [0.4, 0.5) is 0 Å². The van der Waals surface area contributed by atoms with E-state index < -0.39 is 11.7 Å². The molecule has 6 heteroatoms. The lowest BCUT2D eigenvalue weighted by Gasteiger charge is -2.35. The molecule has 1 aromatic heterocycles. The van der Waals surface area contributed by atoms with Gasteiger partial charge < -0.3 is 14.2 Å². The summed E-state index contributed by atoms with van der Waals surface area (Å²) in [6, 6.07) is 3.07. The SMILES string of the molecule is O=C(C(=O)N1CC2CCC1CN(C(=O)C1CCC1)C2)c1ccco1. The average Bonchev–Trinajstić information content (AvgIpc) is 2.91. The minimum atomic E-state index is -0.593. The summed E-state index contributed by atoms with van der Waals surface area (Å²) in [5, 5.41) is 0. The number of nitrogens with zero attached hydrogens (tertiary/aromatic N) is 2. The fourth-order valence-electron chi connectivity index (χ4n) is 4.07. The Balaban J connectivity index is 1.49. The Labute approximate surface area is 140 Å². The van der Waals surface area contributed by atoms with Gasteiger partial charge in [0, 0.05) is 31.6 Å². The van der Waals surface area contributed by atoms with Crippen molar-refractivity contribution in [3.05, 3.63) is 24.2 Å². The molecule has 6 nitrogen and oxygen atoms in total. The summed E-state index contributed by atoms with van der Waals surface area (Å²) in [6.45, 7) is 1.83. The van der Waals surface area contributed by atoms with Gasteiger partial charge in [0.15, 0.2) is 5.76 Å². The molecule has 1 saturated carbocycles. The molecular formula is C18H22N2O4. The smallest absolute Gasteiger partial charge is 0.298 e. The highest BCUT2D eigenvalue weighted by atomic mass is 16.3. The molecule has 2 amide bonds. The Hall–Kier alpha value is -2.11. The molecule has 4 aliphatic rings. The van der Waals surface area contributed by atoms with Crippen molar-refractivity contribution in [1.82, 2.24) is 9.80 Å². The van der Waals surface area contributed by atoms with Crippen LogP contribution in [0.1, 0.15) is 42.7 Å². The molecule has 4 fully saturated rings. The quantitative estimate of drug-likeness (QED) is 0.625. The number of furan rings is 1. The first-order chi connectivity index (χ1) is 11.6. The van der Waals surface area contributed by atoms with E-state index in [4.69, 9.17) is 4.42 Å². The minimum Gasteiger partial charge on any atom is -0.461 e. The summed E-state index contributed by atoms with van der Waals surface area (Å²) in [5.74, 6) is -0.327. The van der Waals surface area contributed by atoms with Crippen molar-refractivity contribution in [2.45, 2.75) is 38.1 Å². The fraction of sp³-hybridized carbons (Fsp3) is 0.611. The Morgan fingerprint density at radius 3 is 2.54 bits per heavy atom. The van der Waals surface area contributed by atoms with Gasteiger partial charge in [0.1, 0.15) is 0 Å². The summed E-state index contributed by atoms with van der Waals surface area (Å²) < 4.78 is 5.07. The predicted molar refractivity (Wildman–Crippen MR) is 85.2 cm³/mol. The molecule has 2 unspecified atom stereocenters. The van der Waals surface area contributed by atoms with Crippen molar-refractivity contribution in [3.8, 4) is 0 Å². The second-order valence-electron chi connectivity index (χ2n) is 7.23. The fourth-order valence-corrected chi connectivity index (χ4v) is 4.07. The Morgan fingerprint density at radius 1 is 1.04 bits per heavy atom. The van der Waals surface area contributed by atoms with Crippen molar-refractivity contribution < 1.29 is 18.8 Å². The number of piperidine rings is 1. The third-order valence-corrected chi connectivity index (χ3v) is 5.68. The molecule has 3 aliphatic heterocycles. The Bertz CT molecular complexity index is 650. The van der Waals surface area contributed by atoms with Crippen LogP contribution >= 0.6 is 0 Å². The van der Waals surface area contributed by atoms with Gasteiger partial charge in [-0.15, -0.1) is 0 Å². The van der Waals surface area contributed by atoms with E-state index in [9.17, 15) is 14.4 Å². The van der Waals surface area contributed by atoms with Crippen molar-refractivity contribution in [3.63, 3.8) is 0 Å². The third-order valence-electron chi connectivity index (χ3n) is 5.68. The van der Waals surface area contributed by atoms with E-state index >= 15 is 0 Å². The maximum atomic E-state index is 12.6. The van der Waals surface area contributed by atoms with Crippen molar-refractivity contribution >= 4 is 17.6 Å². The maximum Gasteiger partial charge on any atom is 0.298 e. The van der Waals surface area contributed by atoms with Crippen molar-refractivity contribution in [1.29, 1.82) is 0 Å². The van der Waals surface area contributed by atoms with Crippen LogP contribution in [0.15, 0.2) is 22.8 Å². The number of ketones is 1. The molecule has 0 spiro atoms. The minimum absolute atomic E-state index is 0.0563. The number of hydrogen-bond donors (Lipinski definition) is 0. The van der Waals surface area contributed by atoms with Gasteiger partial charge in [-0.25, -0.2) is 0 Å². The molecule has 2 bridgehead atoms. The molecule has 0 radical (unpaired) electrons. The Morgan fingerprint density at radius 2 is 1.88 bits per heavy atom. The molecule has 24 heavy (non-hydrogen) atoms. The summed E-state index contributed by atoms with van der Waals surface area (Å²) in [7, 11) is 0. The molecule has 5 rings (SSSR count). The second kappa shape index (κ2) is 6.07. The number of hydrogen-bond acceptors (Lipinski definition) is 4. The van der Waals surface area contributed by atoms with Gasteiger partial charge in [-0.1, -0.05) is 6.42 Å². The van der Waals surface area contributed by atoms with Crippen LogP contribution in [0, 0.1) is 11.8 Å². The molecule has 0 N–H and O–H groups in total. The average molecular weight is 330 g/mol. The highest BCUT2D eigenvalue weighted by molar-refractivity contribution is 6.42. The van der Waals surface area contributed by atoms with E-state index in [-0.39, 0.29) is 29.5 Å². The van der Waals surface area contributed by atoms with Crippen LogP contribution in [-0.4, -0.2) is 53.1 Å². The summed E-state index contributed by atoms with van der Waals surface area (Å²) in [4.78, 5) is 41.1. The van der Waals surface area contributed by atoms with Gasteiger partial charge in [0.05, 0.1) is 6.26 Å². The maximum absolute atomic E-state index is 12.6. The summed E-state index contributed by atoms with van der Waals surface area (Å²) in [6.07, 6.45) is 6.39. The second-order valence-corrected chi connectivity index (χ2v) is 7.23. The normalized spacial score (nSPS) is 26.8. The Kier molecular flexibility index (Phi) is 3.90. The number of carbonyl (C=O) groups excluding carboxylic acids is 3. The highest BCUT2D eigenvalue weighted by Crippen LogP contribution is 2.33. The van der Waals surface area contributed by atoms with Gasteiger partial charge >= 0.3 is 0 Å². The van der Waals surface area contributed by atoms with Crippen LogP contribution in [-0.2, 0) is 9.59 Å². The topological polar surface area (TPSA) is 70.8 Å². The molecular weight excluding hydrogens is 308 g/mol. The zero-order valence-corrected chi connectivity index (χ0v) is 13.6. The lowest BCUT2D eigenvalue weighted by Crippen LogP contribution is -2.50. The number of Topliss-reactive ketones (excluding diaryl/α,β-unsaturated/α-hetero) is 1. The van der Waals surface area contributed by atoms with Gasteiger partial charge in [-0.05, 0) is 43.7 Å². The lowest BCUT2D eigenvalue weighted by molar-refractivity contribution is -0.139. The third kappa shape index (κ3) is 2.64. The first-order valence-corrected chi connectivity index (χ1v) is 8.81. The molecule has 4 heterocycles. The number of fused-ring (bicyclic) bond motifs is 4. The first kappa shape index (κ1) is 15.4. The van der Waals surface area contributed by atoms with Gasteiger partial charge in [-0.3, -0.25) is 14.4 Å². The lowest BCUT2D eigenvalue weighted by atomic mass is 9.84. The predicted octanol–water partition coefficient (Wildman–Crippen LogP) is 1.71. The van der Waals surface area contributed by atoms with E-state index in [2.05, 4.69) is 0 Å². The molecule has 2 atom stereocenters. The molecule has 1 aromatic rings. The monoisotopic (exact) mass is 330 g/mol. The van der Waals surface area contributed by atoms with Gasteiger partial charge in [0.25, 0.3) is 11.7 Å². The zero-order chi connectivity index (χ0) is 16.7. The van der Waals surface area contributed by atoms with E-state index in [1.807, 2.05) is 4.90 Å². The molecule has 128 valence electrons. The zero-order valence-electron chi connectivity index (χ0n) is 13.6. The van der Waals surface area contributed by atoms with Crippen LogP contribution in [0.25, 0.3) is 0 Å². The van der Waals surface area contributed by atoms with Crippen LogP contribution in [0.5, 0.6) is 0 Å².